The van der Waals surface area contributed by atoms with E-state index in [2.05, 4.69) is 15.4 Å². The number of hydrogen-bond donors (Lipinski definition) is 1. The number of amides is 1. The Morgan fingerprint density at radius 2 is 1.92 bits per heavy atom. The number of nitro groups is 1. The molecule has 1 atom stereocenters. The highest BCUT2D eigenvalue weighted by molar-refractivity contribution is 5.97. The number of para-hydroxylation sites is 1. The summed E-state index contributed by atoms with van der Waals surface area (Å²) in [6.45, 7) is 1.41. The molecule has 0 saturated carbocycles. The van der Waals surface area contributed by atoms with E-state index in [1.807, 2.05) is 36.4 Å². The molecule has 1 N–H and O–H groups in total. The first-order valence-corrected chi connectivity index (χ1v) is 10.9. The van der Waals surface area contributed by atoms with Crippen molar-refractivity contribution in [3.63, 3.8) is 0 Å². The highest BCUT2D eigenvalue weighted by Crippen LogP contribution is 2.24. The van der Waals surface area contributed by atoms with Crippen molar-refractivity contribution in [1.82, 2.24) is 14.8 Å². The van der Waals surface area contributed by atoms with Crippen LogP contribution in [0.4, 0.5) is 11.4 Å². The number of carbonyl (C=O) groups is 2. The van der Waals surface area contributed by atoms with Crippen molar-refractivity contribution in [2.45, 2.75) is 13.0 Å². The highest BCUT2D eigenvalue weighted by atomic mass is 16.6. The fourth-order valence-corrected chi connectivity index (χ4v) is 3.32. The lowest BCUT2D eigenvalue weighted by Crippen LogP contribution is -2.29. The van der Waals surface area contributed by atoms with Gasteiger partial charge in [0.15, 0.2) is 6.10 Å². The maximum atomic E-state index is 12.4. The van der Waals surface area contributed by atoms with Crippen LogP contribution in [0.1, 0.15) is 12.5 Å². The molecular formula is C26H21N5O5. The fraction of sp³-hybridized carbons (Fsp3) is 0.0769. The number of nitro benzene ring substituents is 1. The third kappa shape index (κ3) is 5.86. The number of esters is 1. The Morgan fingerprint density at radius 1 is 1.11 bits per heavy atom. The van der Waals surface area contributed by atoms with Crippen LogP contribution in [0, 0.1) is 10.1 Å². The van der Waals surface area contributed by atoms with E-state index in [-0.39, 0.29) is 11.4 Å². The zero-order valence-corrected chi connectivity index (χ0v) is 19.1. The van der Waals surface area contributed by atoms with Crippen LogP contribution in [0.2, 0.25) is 0 Å². The Balaban J connectivity index is 1.47. The fourth-order valence-electron chi connectivity index (χ4n) is 3.32. The van der Waals surface area contributed by atoms with Gasteiger partial charge in [-0.05, 0) is 43.3 Å². The summed E-state index contributed by atoms with van der Waals surface area (Å²) in [5.74, 6) is -1.36. The van der Waals surface area contributed by atoms with Crippen molar-refractivity contribution in [3.8, 4) is 16.9 Å². The molecule has 1 amide bonds. The van der Waals surface area contributed by atoms with Crippen molar-refractivity contribution < 1.29 is 19.2 Å². The molecule has 1 unspecified atom stereocenters. The molecule has 0 spiro atoms. The molecule has 10 heteroatoms. The zero-order valence-electron chi connectivity index (χ0n) is 19.1. The first-order chi connectivity index (χ1) is 17.4. The van der Waals surface area contributed by atoms with Gasteiger partial charge in [0.2, 0.25) is 0 Å². The van der Waals surface area contributed by atoms with Gasteiger partial charge in [0, 0.05) is 53.6 Å². The van der Waals surface area contributed by atoms with Crippen LogP contribution >= 0.6 is 0 Å². The summed E-state index contributed by atoms with van der Waals surface area (Å²) >= 11 is 0. The van der Waals surface area contributed by atoms with Crippen LogP contribution < -0.4 is 5.32 Å². The van der Waals surface area contributed by atoms with Crippen LogP contribution in [-0.2, 0) is 14.3 Å². The van der Waals surface area contributed by atoms with E-state index < -0.39 is 22.9 Å². The molecule has 4 rings (SSSR count). The number of non-ortho nitro benzene ring substituents is 1. The molecular weight excluding hydrogens is 462 g/mol. The van der Waals surface area contributed by atoms with Gasteiger partial charge >= 0.3 is 5.97 Å². The lowest BCUT2D eigenvalue weighted by atomic mass is 10.1. The molecule has 2 aromatic carbocycles. The minimum absolute atomic E-state index is 0.166. The summed E-state index contributed by atoms with van der Waals surface area (Å²) in [5, 5.41) is 18.1. The molecule has 0 radical (unpaired) electrons. The molecule has 0 fully saturated rings. The predicted molar refractivity (Wildman–Crippen MR) is 133 cm³/mol. The summed E-state index contributed by atoms with van der Waals surface area (Å²) in [7, 11) is 0. The number of anilines is 1. The second-order valence-corrected chi connectivity index (χ2v) is 7.66. The van der Waals surface area contributed by atoms with Gasteiger partial charge in [-0.3, -0.25) is 19.9 Å². The first kappa shape index (κ1) is 24.0. The van der Waals surface area contributed by atoms with Crippen LogP contribution in [0.25, 0.3) is 23.0 Å². The van der Waals surface area contributed by atoms with E-state index in [1.54, 1.807) is 35.4 Å². The maximum Gasteiger partial charge on any atom is 0.331 e. The number of pyridine rings is 1. The SMILES string of the molecule is CC(OC(=O)C=Cc1cn(-c2ccccc2)nc1-c1cccnc1)C(=O)Nc1cccc([N+](=O)[O-])c1. The van der Waals surface area contributed by atoms with Crippen molar-refractivity contribution >= 4 is 29.3 Å². The molecule has 180 valence electrons. The number of ether oxygens (including phenoxy) is 1. The minimum atomic E-state index is -1.13. The summed E-state index contributed by atoms with van der Waals surface area (Å²) < 4.78 is 6.91. The molecule has 0 saturated heterocycles. The topological polar surface area (TPSA) is 129 Å². The lowest BCUT2D eigenvalue weighted by Gasteiger charge is -2.12. The molecule has 2 aromatic heterocycles. The molecule has 10 nitrogen and oxygen atoms in total. The van der Waals surface area contributed by atoms with Crippen molar-refractivity contribution in [2.24, 2.45) is 0 Å². The zero-order chi connectivity index (χ0) is 25.5. The summed E-state index contributed by atoms with van der Waals surface area (Å²) in [5.41, 5.74) is 2.94. The average Bonchev–Trinajstić information content (AvgIpc) is 3.33. The van der Waals surface area contributed by atoms with Crippen LogP contribution in [0.15, 0.2) is 91.4 Å². The molecule has 0 aliphatic rings. The molecule has 2 heterocycles. The molecule has 0 bridgehead atoms. The van der Waals surface area contributed by atoms with Gasteiger partial charge < -0.3 is 10.1 Å². The van der Waals surface area contributed by atoms with E-state index in [1.165, 1.54) is 37.3 Å². The van der Waals surface area contributed by atoms with E-state index >= 15 is 0 Å². The lowest BCUT2D eigenvalue weighted by molar-refractivity contribution is -0.384. The molecule has 36 heavy (non-hydrogen) atoms. The largest absolute Gasteiger partial charge is 0.449 e. The Morgan fingerprint density at radius 3 is 2.64 bits per heavy atom. The van der Waals surface area contributed by atoms with E-state index in [0.717, 1.165) is 11.3 Å². The van der Waals surface area contributed by atoms with Gasteiger partial charge in [0.25, 0.3) is 11.6 Å². The number of nitrogens with one attached hydrogen (secondary N) is 1. The van der Waals surface area contributed by atoms with Gasteiger partial charge in [-0.15, -0.1) is 0 Å². The Kier molecular flexibility index (Phi) is 7.25. The maximum absolute atomic E-state index is 12.4. The van der Waals surface area contributed by atoms with Crippen LogP contribution in [0.3, 0.4) is 0 Å². The molecule has 0 aliphatic carbocycles. The second-order valence-electron chi connectivity index (χ2n) is 7.66. The quantitative estimate of drug-likeness (QED) is 0.170. The number of rotatable bonds is 8. The predicted octanol–water partition coefficient (Wildman–Crippen LogP) is 4.43. The normalized spacial score (nSPS) is 11.7. The second kappa shape index (κ2) is 10.9. The molecule has 4 aromatic rings. The smallest absolute Gasteiger partial charge is 0.331 e. The van der Waals surface area contributed by atoms with Crippen LogP contribution in [0.5, 0.6) is 0 Å². The third-order valence-corrected chi connectivity index (χ3v) is 5.08. The number of benzene rings is 2. The molecule has 0 aliphatic heterocycles. The van der Waals surface area contributed by atoms with E-state index in [4.69, 9.17) is 4.74 Å². The average molecular weight is 483 g/mol. The Labute approximate surface area is 206 Å². The van der Waals surface area contributed by atoms with Crippen molar-refractivity contribution in [2.75, 3.05) is 5.32 Å². The monoisotopic (exact) mass is 483 g/mol. The third-order valence-electron chi connectivity index (χ3n) is 5.08. The van der Waals surface area contributed by atoms with Gasteiger partial charge in [-0.25, -0.2) is 9.48 Å². The van der Waals surface area contributed by atoms with Crippen LogP contribution in [-0.4, -0.2) is 37.7 Å². The van der Waals surface area contributed by atoms with E-state index in [9.17, 15) is 19.7 Å². The van der Waals surface area contributed by atoms with Crippen molar-refractivity contribution in [1.29, 1.82) is 0 Å². The number of hydrogen-bond acceptors (Lipinski definition) is 7. The van der Waals surface area contributed by atoms with Gasteiger partial charge in [0.05, 0.1) is 10.6 Å². The number of carbonyl (C=O) groups excluding carboxylic acids is 2. The summed E-state index contributed by atoms with van der Waals surface area (Å²) in [6.07, 6.45) is 6.75. The van der Waals surface area contributed by atoms with E-state index in [0.29, 0.717) is 11.3 Å². The van der Waals surface area contributed by atoms with Gasteiger partial charge in [-0.1, -0.05) is 24.3 Å². The van der Waals surface area contributed by atoms with Crippen molar-refractivity contribution in [3.05, 3.63) is 107 Å². The summed E-state index contributed by atoms with van der Waals surface area (Å²) in [6, 6.07) is 18.6. The Bertz CT molecular complexity index is 1420. The first-order valence-electron chi connectivity index (χ1n) is 10.9. The standard InChI is InChI=1S/C26H21N5O5/c1-18(26(33)28-21-8-5-11-23(15-21)31(34)35)36-24(32)13-12-20-17-30(22-9-3-2-4-10-22)29-25(20)19-7-6-14-27-16-19/h2-18H,1H3,(H,28,33). The van der Waals surface area contributed by atoms with Gasteiger partial charge in [0.1, 0.15) is 5.69 Å². The number of nitrogens with zero attached hydrogens (tertiary/aromatic N) is 4. The Hall–Kier alpha value is -5.12. The van der Waals surface area contributed by atoms with Gasteiger partial charge in [-0.2, -0.15) is 5.10 Å². The summed E-state index contributed by atoms with van der Waals surface area (Å²) in [4.78, 5) is 39.3. The minimum Gasteiger partial charge on any atom is -0.449 e. The highest BCUT2D eigenvalue weighted by Gasteiger charge is 2.18. The number of aromatic nitrogens is 3.